The summed E-state index contributed by atoms with van der Waals surface area (Å²) in [5.74, 6) is 2.37. The van der Waals surface area contributed by atoms with Crippen LogP contribution in [0.3, 0.4) is 0 Å². The quantitative estimate of drug-likeness (QED) is 0.128. The summed E-state index contributed by atoms with van der Waals surface area (Å²) in [4.78, 5) is 4.45. The van der Waals surface area contributed by atoms with Gasteiger partial charge in [-0.05, 0) is 156 Å². The van der Waals surface area contributed by atoms with Crippen LogP contribution in [0.1, 0.15) is 42.9 Å². The van der Waals surface area contributed by atoms with E-state index in [4.69, 9.17) is 4.74 Å². The van der Waals surface area contributed by atoms with Crippen molar-refractivity contribution >= 4 is 34.1 Å². The summed E-state index contributed by atoms with van der Waals surface area (Å²) in [5, 5.41) is 10.1. The smallest absolute Gasteiger partial charge is 0.127 e. The van der Waals surface area contributed by atoms with E-state index in [1.807, 2.05) is 48.5 Å². The maximum absolute atomic E-state index is 10.1. The molecule has 4 heteroatoms. The average molecular weight is 743 g/mol. The Bertz CT molecular complexity index is 2430. The number of hydrogen-bond acceptors (Lipinski definition) is 4. The minimum atomic E-state index is 0.227. The van der Waals surface area contributed by atoms with E-state index in [-0.39, 0.29) is 5.75 Å². The van der Waals surface area contributed by atoms with Gasteiger partial charge < -0.3 is 19.6 Å². The zero-order valence-corrected chi connectivity index (χ0v) is 32.4. The second-order valence-electron chi connectivity index (χ2n) is 14.4. The van der Waals surface area contributed by atoms with Crippen LogP contribution in [0.2, 0.25) is 0 Å². The molecule has 1 atom stereocenters. The highest BCUT2D eigenvalue weighted by Gasteiger charge is 2.15. The topological polar surface area (TPSA) is 35.9 Å². The summed E-state index contributed by atoms with van der Waals surface area (Å²) in [5.41, 5.74) is 12.4. The van der Waals surface area contributed by atoms with Gasteiger partial charge in [0.2, 0.25) is 0 Å². The fourth-order valence-corrected chi connectivity index (χ4v) is 7.17. The molecule has 8 rings (SSSR count). The lowest BCUT2D eigenvalue weighted by Gasteiger charge is -2.26. The summed E-state index contributed by atoms with van der Waals surface area (Å²) in [6.07, 6.45) is 2.04. The fraction of sp³-hybridized carbons (Fsp3) is 0.0943. The van der Waals surface area contributed by atoms with E-state index < -0.39 is 0 Å². The third kappa shape index (κ3) is 8.77. The Morgan fingerprint density at radius 2 is 0.772 bits per heavy atom. The van der Waals surface area contributed by atoms with E-state index in [0.717, 1.165) is 69.6 Å². The van der Waals surface area contributed by atoms with Gasteiger partial charge in [0.25, 0.3) is 0 Å². The van der Waals surface area contributed by atoms with Crippen LogP contribution in [0.4, 0.5) is 34.1 Å². The van der Waals surface area contributed by atoms with Gasteiger partial charge >= 0.3 is 0 Å². The molecule has 0 saturated carbocycles. The Hall–Kier alpha value is -7.04. The molecular weight excluding hydrogens is 697 g/mol. The van der Waals surface area contributed by atoms with Crippen molar-refractivity contribution in [1.82, 2.24) is 0 Å². The van der Waals surface area contributed by atoms with Gasteiger partial charge in [0.1, 0.15) is 17.2 Å². The number of aromatic hydroxyl groups is 1. The van der Waals surface area contributed by atoms with Crippen molar-refractivity contribution in [2.45, 2.75) is 32.6 Å². The number of para-hydroxylation sites is 2. The molecule has 8 aromatic rings. The monoisotopic (exact) mass is 742 g/mol. The minimum Gasteiger partial charge on any atom is -0.508 e. The minimum absolute atomic E-state index is 0.227. The van der Waals surface area contributed by atoms with Gasteiger partial charge in [-0.15, -0.1) is 0 Å². The van der Waals surface area contributed by atoms with Gasteiger partial charge in [-0.25, -0.2) is 0 Å². The van der Waals surface area contributed by atoms with Crippen LogP contribution in [0.5, 0.6) is 17.2 Å². The van der Waals surface area contributed by atoms with Crippen LogP contribution >= 0.6 is 0 Å². The normalized spacial score (nSPS) is 11.5. The summed E-state index contributed by atoms with van der Waals surface area (Å²) in [6.45, 7) is 4.51. The summed E-state index contributed by atoms with van der Waals surface area (Å²) in [7, 11) is 0. The third-order valence-electron chi connectivity index (χ3n) is 10.5. The highest BCUT2D eigenvalue weighted by Crippen LogP contribution is 2.39. The predicted molar refractivity (Wildman–Crippen MR) is 237 cm³/mol. The molecule has 0 aliphatic heterocycles. The summed E-state index contributed by atoms with van der Waals surface area (Å²) in [6, 6.07) is 71.0. The van der Waals surface area contributed by atoms with Crippen molar-refractivity contribution < 1.29 is 9.84 Å². The standard InChI is InChI=1S/C53H46N2O2/c1-3-39(2)42-18-14-40(15-19-42)38-41-16-34-52(35-17-41)57-53-36-30-50(31-37-53)55(49-28-32-51(56)33-29-49)48-26-22-44(23-27-48)43-20-24-47(25-21-43)54(45-10-6-4-7-11-45)46-12-8-5-9-13-46/h4-37,39,56H,3,38H2,1-2H3. The molecule has 0 heterocycles. The highest BCUT2D eigenvalue weighted by atomic mass is 16.5. The molecule has 0 spiro atoms. The zero-order valence-electron chi connectivity index (χ0n) is 32.4. The van der Waals surface area contributed by atoms with Crippen molar-refractivity contribution in [3.05, 3.63) is 223 Å². The number of phenolic OH excluding ortho intramolecular Hbond substituents is 1. The molecule has 0 fully saturated rings. The van der Waals surface area contributed by atoms with Gasteiger partial charge in [0.05, 0.1) is 0 Å². The number of hydrogen-bond donors (Lipinski definition) is 1. The molecule has 8 aromatic carbocycles. The number of benzene rings is 8. The second-order valence-corrected chi connectivity index (χ2v) is 14.4. The molecule has 0 aromatic heterocycles. The Kier molecular flexibility index (Phi) is 11.1. The van der Waals surface area contributed by atoms with Gasteiger partial charge in [-0.1, -0.05) is 111 Å². The van der Waals surface area contributed by atoms with E-state index in [1.54, 1.807) is 12.1 Å². The Morgan fingerprint density at radius 1 is 0.421 bits per heavy atom. The van der Waals surface area contributed by atoms with Crippen LogP contribution in [-0.2, 0) is 6.42 Å². The van der Waals surface area contributed by atoms with E-state index in [9.17, 15) is 5.11 Å². The molecule has 57 heavy (non-hydrogen) atoms. The lowest BCUT2D eigenvalue weighted by Crippen LogP contribution is -2.09. The van der Waals surface area contributed by atoms with Crippen molar-refractivity contribution in [2.75, 3.05) is 9.80 Å². The number of nitrogens with zero attached hydrogens (tertiary/aromatic N) is 2. The van der Waals surface area contributed by atoms with E-state index >= 15 is 0 Å². The second kappa shape index (κ2) is 17.2. The average Bonchev–Trinajstić information content (AvgIpc) is 3.27. The number of ether oxygens (including phenoxy) is 1. The maximum atomic E-state index is 10.1. The van der Waals surface area contributed by atoms with Crippen molar-refractivity contribution in [1.29, 1.82) is 0 Å². The van der Waals surface area contributed by atoms with Crippen LogP contribution in [-0.4, -0.2) is 5.11 Å². The number of phenols is 1. The predicted octanol–water partition coefficient (Wildman–Crippen LogP) is 14.9. The zero-order chi connectivity index (χ0) is 39.0. The van der Waals surface area contributed by atoms with Crippen LogP contribution < -0.4 is 14.5 Å². The molecule has 0 amide bonds. The number of rotatable bonds is 13. The summed E-state index contributed by atoms with van der Waals surface area (Å²) < 4.78 is 6.28. The fourth-order valence-electron chi connectivity index (χ4n) is 7.17. The van der Waals surface area contributed by atoms with Crippen LogP contribution in [0, 0.1) is 0 Å². The lowest BCUT2D eigenvalue weighted by molar-refractivity contribution is 0.475. The first-order valence-electron chi connectivity index (χ1n) is 19.7. The molecular formula is C53H46N2O2. The number of anilines is 6. The van der Waals surface area contributed by atoms with Gasteiger partial charge in [0.15, 0.2) is 0 Å². The summed E-state index contributed by atoms with van der Waals surface area (Å²) >= 11 is 0. The molecule has 0 aliphatic carbocycles. The van der Waals surface area contributed by atoms with E-state index in [0.29, 0.717) is 5.92 Å². The molecule has 0 saturated heterocycles. The van der Waals surface area contributed by atoms with Crippen molar-refractivity contribution in [3.8, 4) is 28.4 Å². The van der Waals surface area contributed by atoms with Crippen LogP contribution in [0.25, 0.3) is 11.1 Å². The SMILES string of the molecule is CCC(C)c1ccc(Cc2ccc(Oc3ccc(N(c4ccc(O)cc4)c4ccc(-c5ccc(N(c6ccccc6)c6ccccc6)cc5)cc4)cc3)cc2)cc1. The maximum Gasteiger partial charge on any atom is 0.127 e. The van der Waals surface area contributed by atoms with Gasteiger partial charge in [-0.2, -0.15) is 0 Å². The molecule has 0 radical (unpaired) electrons. The first kappa shape index (κ1) is 36.9. The Morgan fingerprint density at radius 3 is 1.19 bits per heavy atom. The molecule has 4 nitrogen and oxygen atoms in total. The molecule has 1 N–H and O–H groups in total. The van der Waals surface area contributed by atoms with Crippen LogP contribution in [0.15, 0.2) is 206 Å². The molecule has 1 unspecified atom stereocenters. The lowest BCUT2D eigenvalue weighted by atomic mass is 9.96. The molecule has 0 bridgehead atoms. The first-order chi connectivity index (χ1) is 28.0. The Labute approximate surface area is 336 Å². The molecule has 280 valence electrons. The Balaban J connectivity index is 0.984. The van der Waals surface area contributed by atoms with E-state index in [1.165, 1.54) is 16.7 Å². The molecule has 0 aliphatic rings. The van der Waals surface area contributed by atoms with Gasteiger partial charge in [-0.3, -0.25) is 0 Å². The van der Waals surface area contributed by atoms with Crippen molar-refractivity contribution in [3.63, 3.8) is 0 Å². The first-order valence-corrected chi connectivity index (χ1v) is 19.7. The highest BCUT2D eigenvalue weighted by molar-refractivity contribution is 5.81. The van der Waals surface area contributed by atoms with Crippen molar-refractivity contribution in [2.24, 2.45) is 0 Å². The van der Waals surface area contributed by atoms with Gasteiger partial charge in [0, 0.05) is 34.1 Å². The largest absolute Gasteiger partial charge is 0.508 e. The van der Waals surface area contributed by atoms with E-state index in [2.05, 4.69) is 169 Å². The third-order valence-corrected chi connectivity index (χ3v) is 10.5.